The fourth-order valence-electron chi connectivity index (χ4n) is 2.30. The van der Waals surface area contributed by atoms with E-state index in [0.717, 1.165) is 6.07 Å². The van der Waals surface area contributed by atoms with Crippen molar-refractivity contribution in [2.45, 2.75) is 38.0 Å². The lowest BCUT2D eigenvalue weighted by atomic mass is 9.92. The van der Waals surface area contributed by atoms with E-state index < -0.39 is 23.3 Å². The van der Waals surface area contributed by atoms with Crippen LogP contribution >= 0.6 is 11.8 Å². The Labute approximate surface area is 138 Å². The maximum atomic E-state index is 13.0. The molecule has 1 rings (SSSR count). The third-order valence-corrected chi connectivity index (χ3v) is 4.32. The highest BCUT2D eigenvalue weighted by Gasteiger charge is 2.34. The molecule has 0 saturated carbocycles. The lowest BCUT2D eigenvalue weighted by molar-refractivity contribution is -0.138. The Balaban J connectivity index is 2.70. The van der Waals surface area contributed by atoms with Crippen LogP contribution in [-0.4, -0.2) is 35.2 Å². The Hall–Kier alpha value is -1.21. The molecule has 0 fully saturated rings. The van der Waals surface area contributed by atoms with Gasteiger partial charge in [0.25, 0.3) is 0 Å². The van der Waals surface area contributed by atoms with Crippen molar-refractivity contribution in [3.63, 3.8) is 0 Å². The SMILES string of the molecule is CSCC(C)(O)CNC(=O)CC(C)c1ccccc1C(F)(F)F. The van der Waals surface area contributed by atoms with Gasteiger partial charge in [-0.3, -0.25) is 4.79 Å². The van der Waals surface area contributed by atoms with E-state index in [9.17, 15) is 23.1 Å². The van der Waals surface area contributed by atoms with E-state index in [0.29, 0.717) is 5.75 Å². The third kappa shape index (κ3) is 6.43. The van der Waals surface area contributed by atoms with Gasteiger partial charge in [0.1, 0.15) is 0 Å². The molecular weight excluding hydrogens is 327 g/mol. The molecule has 0 radical (unpaired) electrons. The standard InChI is InChI=1S/C16H22F3NO2S/c1-11(8-14(21)20-9-15(2,22)10-23-3)12-6-4-5-7-13(12)16(17,18)19/h4-7,11,22H,8-10H2,1-3H3,(H,20,21). The normalized spacial score (nSPS) is 15.8. The van der Waals surface area contributed by atoms with Gasteiger partial charge in [-0.1, -0.05) is 25.1 Å². The minimum absolute atomic E-state index is 0.0670. The first-order chi connectivity index (χ1) is 10.6. The molecule has 1 aromatic rings. The number of rotatable bonds is 7. The van der Waals surface area contributed by atoms with Gasteiger partial charge in [-0.25, -0.2) is 0 Å². The van der Waals surface area contributed by atoms with E-state index in [1.807, 2.05) is 6.26 Å². The summed E-state index contributed by atoms with van der Waals surface area (Å²) < 4.78 is 39.0. The van der Waals surface area contributed by atoms with E-state index >= 15 is 0 Å². The number of halogens is 3. The second-order valence-corrected chi connectivity index (χ2v) is 6.76. The molecule has 23 heavy (non-hydrogen) atoms. The molecule has 7 heteroatoms. The van der Waals surface area contributed by atoms with Crippen LogP contribution in [0.1, 0.15) is 37.3 Å². The maximum Gasteiger partial charge on any atom is 0.416 e. The molecular formula is C16H22F3NO2S. The van der Waals surface area contributed by atoms with Gasteiger partial charge in [0.15, 0.2) is 0 Å². The van der Waals surface area contributed by atoms with Crippen LogP contribution in [0.5, 0.6) is 0 Å². The zero-order valence-corrected chi connectivity index (χ0v) is 14.2. The number of thioether (sulfide) groups is 1. The van der Waals surface area contributed by atoms with Crippen molar-refractivity contribution >= 4 is 17.7 Å². The van der Waals surface area contributed by atoms with Gasteiger partial charge in [-0.05, 0) is 30.7 Å². The minimum Gasteiger partial charge on any atom is -0.387 e. The maximum absolute atomic E-state index is 13.0. The molecule has 130 valence electrons. The third-order valence-electron chi connectivity index (χ3n) is 3.41. The van der Waals surface area contributed by atoms with Gasteiger partial charge in [-0.2, -0.15) is 24.9 Å². The van der Waals surface area contributed by atoms with Crippen LogP contribution in [-0.2, 0) is 11.0 Å². The Morgan fingerprint density at radius 2 is 1.96 bits per heavy atom. The number of carbonyl (C=O) groups excluding carboxylic acids is 1. The molecule has 0 saturated heterocycles. The van der Waals surface area contributed by atoms with E-state index in [1.165, 1.54) is 30.0 Å². The van der Waals surface area contributed by atoms with Crippen molar-refractivity contribution in [1.82, 2.24) is 5.32 Å². The summed E-state index contributed by atoms with van der Waals surface area (Å²) >= 11 is 1.45. The summed E-state index contributed by atoms with van der Waals surface area (Å²) in [4.78, 5) is 11.9. The highest BCUT2D eigenvalue weighted by molar-refractivity contribution is 7.98. The first kappa shape index (κ1) is 19.8. The first-order valence-electron chi connectivity index (χ1n) is 7.21. The summed E-state index contributed by atoms with van der Waals surface area (Å²) in [5.41, 5.74) is -1.65. The summed E-state index contributed by atoms with van der Waals surface area (Å²) in [6.07, 6.45) is -2.67. The van der Waals surface area contributed by atoms with Gasteiger partial charge in [0.2, 0.25) is 5.91 Å². The highest BCUT2D eigenvalue weighted by atomic mass is 32.2. The van der Waals surface area contributed by atoms with Gasteiger partial charge in [-0.15, -0.1) is 0 Å². The summed E-state index contributed by atoms with van der Waals surface area (Å²) in [6, 6.07) is 5.28. The minimum atomic E-state index is -4.44. The Kier molecular flexibility index (Phi) is 6.95. The Morgan fingerprint density at radius 1 is 1.35 bits per heavy atom. The monoisotopic (exact) mass is 349 g/mol. The van der Waals surface area contributed by atoms with Crippen LogP contribution in [0.4, 0.5) is 13.2 Å². The molecule has 0 aromatic heterocycles. The number of amides is 1. The van der Waals surface area contributed by atoms with E-state index in [2.05, 4.69) is 5.32 Å². The van der Waals surface area contributed by atoms with Crippen molar-refractivity contribution in [3.05, 3.63) is 35.4 Å². The largest absolute Gasteiger partial charge is 0.416 e. The fraction of sp³-hybridized carbons (Fsp3) is 0.562. The number of hydrogen-bond donors (Lipinski definition) is 2. The molecule has 2 atom stereocenters. The average Bonchev–Trinajstić information content (AvgIpc) is 2.44. The summed E-state index contributed by atoms with van der Waals surface area (Å²) in [6.45, 7) is 3.26. The second-order valence-electron chi connectivity index (χ2n) is 5.90. The highest BCUT2D eigenvalue weighted by Crippen LogP contribution is 2.35. The van der Waals surface area contributed by atoms with Crippen molar-refractivity contribution in [3.8, 4) is 0 Å². The average molecular weight is 349 g/mol. The zero-order chi connectivity index (χ0) is 17.7. The molecule has 0 aliphatic heterocycles. The Morgan fingerprint density at radius 3 is 2.52 bits per heavy atom. The number of carbonyl (C=O) groups is 1. The van der Waals surface area contributed by atoms with Crippen molar-refractivity contribution in [2.24, 2.45) is 0 Å². The number of hydrogen-bond acceptors (Lipinski definition) is 3. The number of nitrogens with one attached hydrogen (secondary N) is 1. The molecule has 0 aliphatic carbocycles. The lowest BCUT2D eigenvalue weighted by Crippen LogP contribution is -2.42. The summed E-state index contributed by atoms with van der Waals surface area (Å²) in [5, 5.41) is 12.6. The molecule has 2 unspecified atom stereocenters. The van der Waals surface area contributed by atoms with Crippen LogP contribution in [0.25, 0.3) is 0 Å². The number of benzene rings is 1. The zero-order valence-electron chi connectivity index (χ0n) is 13.4. The van der Waals surface area contributed by atoms with Crippen LogP contribution < -0.4 is 5.32 Å². The molecule has 1 aromatic carbocycles. The molecule has 2 N–H and O–H groups in total. The van der Waals surface area contributed by atoms with Crippen LogP contribution in [0, 0.1) is 0 Å². The molecule has 1 amide bonds. The number of alkyl halides is 3. The van der Waals surface area contributed by atoms with E-state index in [4.69, 9.17) is 0 Å². The molecule has 0 heterocycles. The van der Waals surface area contributed by atoms with Crippen molar-refractivity contribution < 1.29 is 23.1 Å². The first-order valence-corrected chi connectivity index (χ1v) is 8.60. The molecule has 0 aliphatic rings. The topological polar surface area (TPSA) is 49.3 Å². The molecule has 0 spiro atoms. The predicted octanol–water partition coefficient (Wildman–Crippen LogP) is 3.43. The lowest BCUT2D eigenvalue weighted by Gasteiger charge is -2.23. The predicted molar refractivity (Wildman–Crippen MR) is 86.5 cm³/mol. The molecule has 3 nitrogen and oxygen atoms in total. The van der Waals surface area contributed by atoms with Crippen LogP contribution in [0.15, 0.2) is 24.3 Å². The van der Waals surface area contributed by atoms with Crippen LogP contribution in [0.3, 0.4) is 0 Å². The fourth-order valence-corrected chi connectivity index (χ4v) is 3.02. The van der Waals surface area contributed by atoms with Crippen molar-refractivity contribution in [1.29, 1.82) is 0 Å². The quantitative estimate of drug-likeness (QED) is 0.793. The summed E-state index contributed by atoms with van der Waals surface area (Å²) in [5.74, 6) is -0.492. The van der Waals surface area contributed by atoms with Gasteiger partial charge in [0.05, 0.1) is 11.2 Å². The van der Waals surface area contributed by atoms with Gasteiger partial charge in [0, 0.05) is 18.7 Å². The van der Waals surface area contributed by atoms with Crippen LogP contribution in [0.2, 0.25) is 0 Å². The van der Waals surface area contributed by atoms with Crippen molar-refractivity contribution in [2.75, 3.05) is 18.6 Å². The van der Waals surface area contributed by atoms with E-state index in [1.54, 1.807) is 13.8 Å². The van der Waals surface area contributed by atoms with Gasteiger partial charge < -0.3 is 10.4 Å². The smallest absolute Gasteiger partial charge is 0.387 e. The summed E-state index contributed by atoms with van der Waals surface area (Å²) in [7, 11) is 0. The number of aliphatic hydroxyl groups is 1. The Bertz CT molecular complexity index is 532. The second kappa shape index (κ2) is 8.06. The van der Waals surface area contributed by atoms with Gasteiger partial charge >= 0.3 is 6.18 Å². The molecule has 0 bridgehead atoms. The van der Waals surface area contributed by atoms with E-state index in [-0.39, 0.29) is 24.4 Å².